The van der Waals surface area contributed by atoms with E-state index in [1.165, 1.54) is 22.2 Å². The minimum Gasteiger partial charge on any atom is -0.358 e. The van der Waals surface area contributed by atoms with Gasteiger partial charge in [-0.2, -0.15) is 5.10 Å². The molecule has 1 aromatic carbocycles. The second-order valence-corrected chi connectivity index (χ2v) is 6.47. The van der Waals surface area contributed by atoms with Crippen LogP contribution >= 0.6 is 12.2 Å². The summed E-state index contributed by atoms with van der Waals surface area (Å²) in [4.78, 5) is 5.92. The molecular formula is C17H19N5S. The molecule has 23 heavy (non-hydrogen) atoms. The summed E-state index contributed by atoms with van der Waals surface area (Å²) in [6.45, 7) is 6.54. The third-order valence-corrected chi connectivity index (χ3v) is 4.81. The first-order chi connectivity index (χ1) is 11.2. The summed E-state index contributed by atoms with van der Waals surface area (Å²) < 4.78 is 2.59. The second-order valence-electron chi connectivity index (χ2n) is 6.08. The number of aromatic nitrogens is 4. The van der Waals surface area contributed by atoms with Crippen molar-refractivity contribution in [1.82, 2.24) is 24.6 Å². The lowest BCUT2D eigenvalue weighted by molar-refractivity contribution is 0.313. The van der Waals surface area contributed by atoms with Crippen molar-refractivity contribution in [2.75, 3.05) is 13.6 Å². The number of hydrogen-bond acceptors (Lipinski definition) is 3. The molecule has 0 radical (unpaired) electrons. The highest BCUT2D eigenvalue weighted by atomic mass is 32.1. The number of allylic oxidation sites excluding steroid dienone is 1. The van der Waals surface area contributed by atoms with Crippen LogP contribution < -0.4 is 0 Å². The number of H-pyrrole nitrogens is 2. The van der Waals surface area contributed by atoms with E-state index in [0.717, 1.165) is 30.9 Å². The number of nitrogens with one attached hydrogen (secondary N) is 2. The van der Waals surface area contributed by atoms with Crippen LogP contribution in [0.5, 0.6) is 0 Å². The monoisotopic (exact) mass is 325 g/mol. The predicted molar refractivity (Wildman–Crippen MR) is 94.9 cm³/mol. The molecule has 0 spiro atoms. The average Bonchev–Trinajstić information content (AvgIpc) is 3.08. The molecule has 5 nitrogen and oxygen atoms in total. The van der Waals surface area contributed by atoms with Gasteiger partial charge in [-0.05, 0) is 43.0 Å². The Labute approximate surface area is 139 Å². The Balaban J connectivity index is 1.88. The van der Waals surface area contributed by atoms with Gasteiger partial charge >= 0.3 is 0 Å². The van der Waals surface area contributed by atoms with Crippen LogP contribution in [0.15, 0.2) is 30.9 Å². The lowest BCUT2D eigenvalue weighted by Gasteiger charge is -2.22. The molecule has 0 amide bonds. The van der Waals surface area contributed by atoms with Crippen LogP contribution in [0.2, 0.25) is 0 Å². The van der Waals surface area contributed by atoms with Gasteiger partial charge in [-0.1, -0.05) is 6.08 Å². The number of hydrogen-bond donors (Lipinski definition) is 2. The van der Waals surface area contributed by atoms with Crippen molar-refractivity contribution in [2.45, 2.75) is 19.5 Å². The Morgan fingerprint density at radius 2 is 2.30 bits per heavy atom. The van der Waals surface area contributed by atoms with Crippen LogP contribution in [0.3, 0.4) is 0 Å². The Morgan fingerprint density at radius 1 is 1.43 bits per heavy atom. The van der Waals surface area contributed by atoms with Crippen molar-refractivity contribution >= 4 is 23.1 Å². The molecular weight excluding hydrogens is 306 g/mol. The first-order valence-electron chi connectivity index (χ1n) is 7.76. The van der Waals surface area contributed by atoms with Crippen LogP contribution in [-0.2, 0) is 19.5 Å². The second kappa shape index (κ2) is 5.47. The number of fused-ring (bicyclic) bond motifs is 3. The molecule has 0 fully saturated rings. The standard InChI is InChI=1S/C17H19N5S/c1-3-7-22-16(19-20-17(22)23)11-4-5-14-12(9-11)13-10-21(2)8-6-15(13)18-14/h3-5,9,18H,1,6-8,10H2,2H3,(H,20,23). The van der Waals surface area contributed by atoms with Gasteiger partial charge in [-0.25, -0.2) is 0 Å². The van der Waals surface area contributed by atoms with Crippen LogP contribution in [0, 0.1) is 4.77 Å². The van der Waals surface area contributed by atoms with E-state index in [1.807, 2.05) is 10.6 Å². The summed E-state index contributed by atoms with van der Waals surface area (Å²) in [7, 11) is 2.17. The van der Waals surface area contributed by atoms with E-state index in [0.29, 0.717) is 11.3 Å². The Bertz CT molecular complexity index is 946. The maximum absolute atomic E-state index is 5.31. The van der Waals surface area contributed by atoms with E-state index >= 15 is 0 Å². The van der Waals surface area contributed by atoms with Crippen LogP contribution in [0.4, 0.5) is 0 Å². The van der Waals surface area contributed by atoms with Gasteiger partial charge in [0.05, 0.1) is 0 Å². The fourth-order valence-corrected chi connectivity index (χ4v) is 3.53. The number of nitrogens with zero attached hydrogens (tertiary/aromatic N) is 3. The van der Waals surface area contributed by atoms with E-state index in [-0.39, 0.29) is 0 Å². The Morgan fingerprint density at radius 3 is 3.13 bits per heavy atom. The zero-order chi connectivity index (χ0) is 16.0. The van der Waals surface area contributed by atoms with Crippen LogP contribution in [-0.4, -0.2) is 38.2 Å². The summed E-state index contributed by atoms with van der Waals surface area (Å²) >= 11 is 5.31. The van der Waals surface area contributed by atoms with E-state index in [9.17, 15) is 0 Å². The van der Waals surface area contributed by atoms with Crippen molar-refractivity contribution in [3.63, 3.8) is 0 Å². The lowest BCUT2D eigenvalue weighted by atomic mass is 10.0. The summed E-state index contributed by atoms with van der Waals surface area (Å²) in [5.74, 6) is 0.857. The Hall–Kier alpha value is -2.18. The molecule has 0 atom stereocenters. The third-order valence-electron chi connectivity index (χ3n) is 4.49. The summed E-state index contributed by atoms with van der Waals surface area (Å²) in [5, 5.41) is 8.56. The molecule has 3 heterocycles. The first-order valence-corrected chi connectivity index (χ1v) is 8.16. The zero-order valence-electron chi connectivity index (χ0n) is 13.1. The van der Waals surface area contributed by atoms with Crippen molar-refractivity contribution in [3.05, 3.63) is 46.9 Å². The van der Waals surface area contributed by atoms with Gasteiger partial charge in [0.15, 0.2) is 10.6 Å². The maximum Gasteiger partial charge on any atom is 0.195 e. The average molecular weight is 325 g/mol. The molecule has 4 rings (SSSR count). The SMILES string of the molecule is C=CCn1c(-c2ccc3[nH]c4c(c3c2)CN(C)CC4)n[nH]c1=S. The molecule has 118 valence electrons. The quantitative estimate of drug-likeness (QED) is 0.574. The molecule has 0 bridgehead atoms. The van der Waals surface area contributed by atoms with Gasteiger partial charge in [0.25, 0.3) is 0 Å². The highest BCUT2D eigenvalue weighted by Gasteiger charge is 2.19. The molecule has 0 saturated carbocycles. The highest BCUT2D eigenvalue weighted by molar-refractivity contribution is 7.71. The van der Waals surface area contributed by atoms with Crippen LogP contribution in [0.1, 0.15) is 11.3 Å². The predicted octanol–water partition coefficient (Wildman–Crippen LogP) is 3.26. The third kappa shape index (κ3) is 2.34. The summed E-state index contributed by atoms with van der Waals surface area (Å²) in [6.07, 6.45) is 2.91. The molecule has 3 aromatic rings. The normalized spacial score (nSPS) is 15.0. The molecule has 1 aliphatic heterocycles. The van der Waals surface area contributed by atoms with Crippen LogP contribution in [0.25, 0.3) is 22.3 Å². The van der Waals surface area contributed by atoms with Gasteiger partial charge in [0, 0.05) is 48.2 Å². The molecule has 6 heteroatoms. The van der Waals surface area contributed by atoms with Gasteiger partial charge in [0.2, 0.25) is 0 Å². The minimum absolute atomic E-state index is 0.621. The van der Waals surface area contributed by atoms with E-state index in [2.05, 4.69) is 51.9 Å². The molecule has 2 aromatic heterocycles. The zero-order valence-corrected chi connectivity index (χ0v) is 13.9. The van der Waals surface area contributed by atoms with Crippen molar-refractivity contribution in [3.8, 4) is 11.4 Å². The number of rotatable bonds is 3. The van der Waals surface area contributed by atoms with E-state index < -0.39 is 0 Å². The lowest BCUT2D eigenvalue weighted by Crippen LogP contribution is -2.25. The molecule has 0 unspecified atom stereocenters. The smallest absolute Gasteiger partial charge is 0.195 e. The van der Waals surface area contributed by atoms with Gasteiger partial charge in [-0.3, -0.25) is 9.67 Å². The minimum atomic E-state index is 0.621. The highest BCUT2D eigenvalue weighted by Crippen LogP contribution is 2.30. The fraction of sp³-hybridized carbons (Fsp3) is 0.294. The summed E-state index contributed by atoms with van der Waals surface area (Å²) in [5.41, 5.74) is 5.03. The molecule has 2 N–H and O–H groups in total. The topological polar surface area (TPSA) is 52.6 Å². The van der Waals surface area contributed by atoms with E-state index in [1.54, 1.807) is 0 Å². The van der Waals surface area contributed by atoms with Crippen molar-refractivity contribution in [2.24, 2.45) is 0 Å². The summed E-state index contributed by atoms with van der Waals surface area (Å²) in [6, 6.07) is 6.45. The molecule has 0 aliphatic carbocycles. The van der Waals surface area contributed by atoms with Gasteiger partial charge < -0.3 is 9.88 Å². The molecule has 0 saturated heterocycles. The maximum atomic E-state index is 5.31. The largest absolute Gasteiger partial charge is 0.358 e. The first kappa shape index (κ1) is 14.4. The van der Waals surface area contributed by atoms with Crippen molar-refractivity contribution < 1.29 is 0 Å². The van der Waals surface area contributed by atoms with Gasteiger partial charge in [-0.15, -0.1) is 6.58 Å². The fourth-order valence-electron chi connectivity index (χ4n) is 3.32. The Kier molecular flexibility index (Phi) is 3.43. The van der Waals surface area contributed by atoms with Gasteiger partial charge in [0.1, 0.15) is 0 Å². The van der Waals surface area contributed by atoms with E-state index in [4.69, 9.17) is 12.2 Å². The number of aromatic amines is 2. The molecule has 1 aliphatic rings. The number of benzene rings is 1. The number of likely N-dealkylation sites (N-methyl/N-ethyl adjacent to an activating group) is 1. The van der Waals surface area contributed by atoms with Crippen molar-refractivity contribution in [1.29, 1.82) is 0 Å².